The zero-order valence-electron chi connectivity index (χ0n) is 9.81. The van der Waals surface area contributed by atoms with E-state index < -0.39 is 20.9 Å². The number of aldehydes is 1. The van der Waals surface area contributed by atoms with Crippen molar-refractivity contribution in [3.8, 4) is 5.75 Å². The van der Waals surface area contributed by atoms with E-state index in [2.05, 4.69) is 0 Å². The van der Waals surface area contributed by atoms with Gasteiger partial charge in [0.15, 0.2) is 15.6 Å². The van der Waals surface area contributed by atoms with Crippen LogP contribution in [0.5, 0.6) is 5.75 Å². The van der Waals surface area contributed by atoms with E-state index in [9.17, 15) is 23.3 Å². The van der Waals surface area contributed by atoms with Crippen molar-refractivity contribution in [2.24, 2.45) is 0 Å². The van der Waals surface area contributed by atoms with Gasteiger partial charge in [-0.25, -0.2) is 8.42 Å². The summed E-state index contributed by atoms with van der Waals surface area (Å²) in [4.78, 5) is 20.9. The number of nitrogens with zero attached hydrogens (tertiary/aromatic N) is 1. The van der Waals surface area contributed by atoms with Gasteiger partial charge >= 0.3 is 5.69 Å². The first-order chi connectivity index (χ1) is 8.91. The Morgan fingerprint density at radius 3 is 2.68 bits per heavy atom. The van der Waals surface area contributed by atoms with Gasteiger partial charge in [-0.3, -0.25) is 14.9 Å². The SMILES string of the molecule is O=Cc1ccc([N+](=O)[O-])c(OC2CCS(=O)(=O)C2)c1. The largest absolute Gasteiger partial charge is 0.482 e. The first kappa shape index (κ1) is 13.5. The van der Waals surface area contributed by atoms with Crippen LogP contribution >= 0.6 is 0 Å². The molecule has 1 heterocycles. The van der Waals surface area contributed by atoms with E-state index >= 15 is 0 Å². The van der Waals surface area contributed by atoms with E-state index in [1.54, 1.807) is 0 Å². The average molecular weight is 285 g/mol. The van der Waals surface area contributed by atoms with Crippen molar-refractivity contribution in [1.82, 2.24) is 0 Å². The number of rotatable bonds is 4. The van der Waals surface area contributed by atoms with Crippen LogP contribution in [0.3, 0.4) is 0 Å². The van der Waals surface area contributed by atoms with Crippen LogP contribution in [0.25, 0.3) is 0 Å². The summed E-state index contributed by atoms with van der Waals surface area (Å²) in [5, 5.41) is 10.8. The van der Waals surface area contributed by atoms with Crippen molar-refractivity contribution in [1.29, 1.82) is 0 Å². The van der Waals surface area contributed by atoms with Crippen LogP contribution in [0.1, 0.15) is 16.8 Å². The summed E-state index contributed by atoms with van der Waals surface area (Å²) in [7, 11) is -3.13. The van der Waals surface area contributed by atoms with Crippen LogP contribution in [0, 0.1) is 10.1 Å². The summed E-state index contributed by atoms with van der Waals surface area (Å²) in [6, 6.07) is 3.72. The maximum absolute atomic E-state index is 11.3. The summed E-state index contributed by atoms with van der Waals surface area (Å²) in [6.45, 7) is 0. The second-order valence-corrected chi connectivity index (χ2v) is 6.47. The molecule has 0 aromatic heterocycles. The number of carbonyl (C=O) groups excluding carboxylic acids is 1. The minimum absolute atomic E-state index is 0.0127. The number of nitro groups is 1. The van der Waals surface area contributed by atoms with Crippen molar-refractivity contribution in [3.63, 3.8) is 0 Å². The summed E-state index contributed by atoms with van der Waals surface area (Å²) in [5.41, 5.74) is -0.0450. The zero-order chi connectivity index (χ0) is 14.0. The van der Waals surface area contributed by atoms with Crippen molar-refractivity contribution in [3.05, 3.63) is 33.9 Å². The van der Waals surface area contributed by atoms with E-state index in [0.717, 1.165) is 0 Å². The smallest absolute Gasteiger partial charge is 0.310 e. The number of ether oxygens (including phenoxy) is 1. The van der Waals surface area contributed by atoms with Gasteiger partial charge in [0.25, 0.3) is 0 Å². The standard InChI is InChI=1S/C11H11NO6S/c13-6-8-1-2-10(12(14)15)11(5-8)18-9-3-4-19(16,17)7-9/h1-2,5-6,9H,3-4,7H2. The molecule has 1 aromatic carbocycles. The van der Waals surface area contributed by atoms with E-state index in [1.165, 1.54) is 18.2 Å². The lowest BCUT2D eigenvalue weighted by atomic mass is 10.2. The number of sulfone groups is 1. The third kappa shape index (κ3) is 3.08. The second kappa shape index (κ2) is 4.96. The minimum atomic E-state index is -3.13. The van der Waals surface area contributed by atoms with Gasteiger partial charge in [-0.05, 0) is 18.6 Å². The quantitative estimate of drug-likeness (QED) is 0.464. The number of benzene rings is 1. The normalized spacial score (nSPS) is 20.9. The monoisotopic (exact) mass is 285 g/mol. The predicted octanol–water partition coefficient (Wildman–Crippen LogP) is 0.973. The predicted molar refractivity (Wildman–Crippen MR) is 66.2 cm³/mol. The number of carbonyl (C=O) groups is 1. The Hall–Kier alpha value is -1.96. The summed E-state index contributed by atoms with van der Waals surface area (Å²) >= 11 is 0. The molecule has 8 heteroatoms. The molecule has 2 rings (SSSR count). The maximum Gasteiger partial charge on any atom is 0.310 e. The molecule has 1 aliphatic heterocycles. The fraction of sp³-hybridized carbons (Fsp3) is 0.364. The molecule has 0 aliphatic carbocycles. The topological polar surface area (TPSA) is 104 Å². The lowest BCUT2D eigenvalue weighted by Gasteiger charge is -2.12. The Kier molecular flexibility index (Phi) is 3.52. The van der Waals surface area contributed by atoms with Gasteiger partial charge in [0.1, 0.15) is 12.4 Å². The van der Waals surface area contributed by atoms with Gasteiger partial charge in [-0.15, -0.1) is 0 Å². The van der Waals surface area contributed by atoms with Gasteiger partial charge in [0.2, 0.25) is 0 Å². The van der Waals surface area contributed by atoms with Crippen molar-refractivity contribution < 1.29 is 22.9 Å². The molecule has 0 amide bonds. The Bertz CT molecular complexity index is 624. The minimum Gasteiger partial charge on any atom is -0.482 e. The van der Waals surface area contributed by atoms with Crippen LogP contribution in [0.2, 0.25) is 0 Å². The van der Waals surface area contributed by atoms with Gasteiger partial charge < -0.3 is 4.74 Å². The number of hydrogen-bond acceptors (Lipinski definition) is 6. The molecule has 1 atom stereocenters. The molecule has 0 spiro atoms. The highest BCUT2D eigenvalue weighted by atomic mass is 32.2. The highest BCUT2D eigenvalue weighted by Crippen LogP contribution is 2.30. The van der Waals surface area contributed by atoms with Crippen molar-refractivity contribution in [2.45, 2.75) is 12.5 Å². The van der Waals surface area contributed by atoms with Gasteiger partial charge in [0.05, 0.1) is 16.4 Å². The third-order valence-electron chi connectivity index (χ3n) is 2.80. The van der Waals surface area contributed by atoms with Crippen LogP contribution in [0.15, 0.2) is 18.2 Å². The molecular formula is C11H11NO6S. The second-order valence-electron chi connectivity index (χ2n) is 4.25. The van der Waals surface area contributed by atoms with Gasteiger partial charge in [0, 0.05) is 11.6 Å². The molecule has 1 aromatic rings. The van der Waals surface area contributed by atoms with Crippen LogP contribution < -0.4 is 4.74 Å². The Balaban J connectivity index is 2.28. The Morgan fingerprint density at radius 1 is 1.42 bits per heavy atom. The van der Waals surface area contributed by atoms with E-state index in [0.29, 0.717) is 12.7 Å². The summed E-state index contributed by atoms with van der Waals surface area (Å²) < 4.78 is 28.0. The van der Waals surface area contributed by atoms with E-state index in [1.807, 2.05) is 0 Å². The fourth-order valence-electron chi connectivity index (χ4n) is 1.88. The van der Waals surface area contributed by atoms with E-state index in [4.69, 9.17) is 4.74 Å². The van der Waals surface area contributed by atoms with Gasteiger partial charge in [-0.1, -0.05) is 0 Å². The molecule has 0 bridgehead atoms. The highest BCUT2D eigenvalue weighted by molar-refractivity contribution is 7.91. The summed E-state index contributed by atoms with van der Waals surface area (Å²) in [5.74, 6) is -0.217. The molecule has 1 unspecified atom stereocenters. The molecule has 7 nitrogen and oxygen atoms in total. The Morgan fingerprint density at radius 2 is 2.16 bits per heavy atom. The molecule has 0 radical (unpaired) electrons. The molecule has 0 saturated carbocycles. The summed E-state index contributed by atoms with van der Waals surface area (Å²) in [6.07, 6.45) is 0.234. The molecule has 102 valence electrons. The average Bonchev–Trinajstić information content (AvgIpc) is 2.68. The van der Waals surface area contributed by atoms with Gasteiger partial charge in [-0.2, -0.15) is 0 Å². The van der Waals surface area contributed by atoms with Crippen molar-refractivity contribution in [2.75, 3.05) is 11.5 Å². The third-order valence-corrected chi connectivity index (χ3v) is 4.54. The first-order valence-corrected chi connectivity index (χ1v) is 7.34. The molecule has 1 fully saturated rings. The van der Waals surface area contributed by atoms with E-state index in [-0.39, 0.29) is 28.5 Å². The van der Waals surface area contributed by atoms with Crippen molar-refractivity contribution >= 4 is 21.8 Å². The number of nitro benzene ring substituents is 1. The number of hydrogen-bond donors (Lipinski definition) is 0. The highest BCUT2D eigenvalue weighted by Gasteiger charge is 2.31. The molecule has 1 aliphatic rings. The zero-order valence-corrected chi connectivity index (χ0v) is 10.6. The maximum atomic E-state index is 11.3. The molecule has 19 heavy (non-hydrogen) atoms. The lowest BCUT2D eigenvalue weighted by molar-refractivity contribution is -0.386. The fourth-order valence-corrected chi connectivity index (χ4v) is 3.47. The van der Waals surface area contributed by atoms with Crippen LogP contribution in [0.4, 0.5) is 5.69 Å². The van der Waals surface area contributed by atoms with Crippen LogP contribution in [-0.2, 0) is 9.84 Å². The molecular weight excluding hydrogens is 274 g/mol. The Labute approximate surface area is 109 Å². The molecule has 1 saturated heterocycles. The molecule has 0 N–H and O–H groups in total. The first-order valence-electron chi connectivity index (χ1n) is 5.52. The van der Waals surface area contributed by atoms with Crippen LogP contribution in [-0.4, -0.2) is 37.2 Å². The lowest BCUT2D eigenvalue weighted by Crippen LogP contribution is -2.18.